The van der Waals surface area contributed by atoms with Crippen molar-refractivity contribution in [1.82, 2.24) is 0 Å². The average Bonchev–Trinajstić information content (AvgIpc) is 2.33. The highest BCUT2D eigenvalue weighted by Crippen LogP contribution is 2.34. The third-order valence-corrected chi connectivity index (χ3v) is 4.09. The number of para-hydroxylation sites is 2. The Hall–Kier alpha value is -1.52. The van der Waals surface area contributed by atoms with Crippen molar-refractivity contribution in [1.29, 1.82) is 0 Å². The van der Waals surface area contributed by atoms with E-state index in [0.29, 0.717) is 11.3 Å². The van der Waals surface area contributed by atoms with Gasteiger partial charge in [-0.15, -0.1) is 0 Å². The van der Waals surface area contributed by atoms with E-state index < -0.39 is 9.05 Å². The molecule has 0 amide bonds. The van der Waals surface area contributed by atoms with E-state index in [0.717, 1.165) is 5.56 Å². The molecule has 0 aliphatic carbocycles. The molecule has 2 aromatic rings. The van der Waals surface area contributed by atoms with Crippen molar-refractivity contribution in [3.05, 3.63) is 53.6 Å². The summed E-state index contributed by atoms with van der Waals surface area (Å²) in [7, 11) is 1.59. The van der Waals surface area contributed by atoms with Crippen LogP contribution in [0.4, 0.5) is 0 Å². The molecule has 0 N–H and O–H groups in total. The third-order valence-electron chi connectivity index (χ3n) is 2.74. The van der Waals surface area contributed by atoms with Crippen LogP contribution in [0, 0.1) is 13.8 Å². The second-order valence-corrected chi connectivity index (χ2v) is 6.74. The summed E-state index contributed by atoms with van der Waals surface area (Å²) in [6.45, 7) is 3.67. The Bertz CT molecular complexity index is 708. The summed E-state index contributed by atoms with van der Waals surface area (Å²) in [5.41, 5.74) is 1.63. The lowest BCUT2D eigenvalue weighted by atomic mass is 10.2. The SMILES string of the molecule is Cc1ccccc1Oc1c(C)cccc1S(=O)(=O)Cl. The lowest BCUT2D eigenvalue weighted by Gasteiger charge is -2.13. The summed E-state index contributed by atoms with van der Waals surface area (Å²) in [5.74, 6) is 0.880. The van der Waals surface area contributed by atoms with Gasteiger partial charge >= 0.3 is 0 Å². The fourth-order valence-electron chi connectivity index (χ4n) is 1.73. The van der Waals surface area contributed by atoms with Crippen molar-refractivity contribution in [2.24, 2.45) is 0 Å². The zero-order valence-electron chi connectivity index (χ0n) is 10.6. The van der Waals surface area contributed by atoms with E-state index in [2.05, 4.69) is 0 Å². The van der Waals surface area contributed by atoms with Gasteiger partial charge in [-0.1, -0.05) is 30.3 Å². The van der Waals surface area contributed by atoms with E-state index in [1.54, 1.807) is 25.1 Å². The number of ether oxygens (including phenoxy) is 1. The Balaban J connectivity index is 2.55. The predicted molar refractivity (Wildman–Crippen MR) is 75.5 cm³/mol. The first-order valence-electron chi connectivity index (χ1n) is 5.67. The molecule has 0 aromatic heterocycles. The molecule has 0 aliphatic rings. The third kappa shape index (κ3) is 3.08. The highest BCUT2D eigenvalue weighted by molar-refractivity contribution is 8.13. The van der Waals surface area contributed by atoms with Gasteiger partial charge in [0, 0.05) is 10.7 Å². The van der Waals surface area contributed by atoms with Crippen LogP contribution in [0.1, 0.15) is 11.1 Å². The van der Waals surface area contributed by atoms with Gasteiger partial charge in [0.25, 0.3) is 9.05 Å². The summed E-state index contributed by atoms with van der Waals surface area (Å²) in [6.07, 6.45) is 0. The quantitative estimate of drug-likeness (QED) is 0.803. The molecule has 100 valence electrons. The molecule has 0 bridgehead atoms. The Morgan fingerprint density at radius 1 is 0.947 bits per heavy atom. The van der Waals surface area contributed by atoms with Gasteiger partial charge in [0.2, 0.25) is 0 Å². The largest absolute Gasteiger partial charge is 0.455 e. The van der Waals surface area contributed by atoms with Gasteiger partial charge in [-0.25, -0.2) is 8.42 Å². The van der Waals surface area contributed by atoms with Crippen LogP contribution in [0.25, 0.3) is 0 Å². The normalized spacial score (nSPS) is 11.3. The van der Waals surface area contributed by atoms with Crippen LogP contribution < -0.4 is 4.74 Å². The maximum absolute atomic E-state index is 11.6. The lowest BCUT2D eigenvalue weighted by Crippen LogP contribution is -1.98. The Kier molecular flexibility index (Phi) is 3.83. The molecule has 0 unspecified atom stereocenters. The summed E-state index contributed by atoms with van der Waals surface area (Å²) >= 11 is 0. The lowest BCUT2D eigenvalue weighted by molar-refractivity contribution is 0.461. The minimum Gasteiger partial charge on any atom is -0.455 e. The second-order valence-electron chi connectivity index (χ2n) is 4.21. The van der Waals surface area contributed by atoms with Crippen molar-refractivity contribution in [3.63, 3.8) is 0 Å². The molecule has 0 radical (unpaired) electrons. The van der Waals surface area contributed by atoms with Crippen LogP contribution in [0.15, 0.2) is 47.4 Å². The van der Waals surface area contributed by atoms with Crippen LogP contribution in [0.2, 0.25) is 0 Å². The van der Waals surface area contributed by atoms with Crippen molar-refractivity contribution in [2.75, 3.05) is 0 Å². The Morgan fingerprint density at radius 2 is 1.58 bits per heavy atom. The average molecular weight is 297 g/mol. The molecule has 2 rings (SSSR count). The molecule has 2 aromatic carbocycles. The first-order chi connectivity index (χ1) is 8.89. The number of hydrogen-bond donors (Lipinski definition) is 0. The van der Waals surface area contributed by atoms with Crippen LogP contribution in [0.5, 0.6) is 11.5 Å². The van der Waals surface area contributed by atoms with Crippen molar-refractivity contribution >= 4 is 19.7 Å². The standard InChI is InChI=1S/C14H13ClO3S/c1-10-6-3-4-8-12(10)18-14-11(2)7-5-9-13(14)19(15,16)17/h3-9H,1-2H3. The van der Waals surface area contributed by atoms with Crippen LogP contribution >= 0.6 is 10.7 Å². The number of benzene rings is 2. The predicted octanol–water partition coefficient (Wildman–Crippen LogP) is 4.02. The monoisotopic (exact) mass is 296 g/mol. The van der Waals surface area contributed by atoms with Crippen molar-refractivity contribution in [3.8, 4) is 11.5 Å². The summed E-state index contributed by atoms with van der Waals surface area (Å²) in [6, 6.07) is 12.2. The number of hydrogen-bond acceptors (Lipinski definition) is 3. The molecular weight excluding hydrogens is 284 g/mol. The van der Waals surface area contributed by atoms with Gasteiger partial charge in [-0.3, -0.25) is 0 Å². The molecule has 19 heavy (non-hydrogen) atoms. The van der Waals surface area contributed by atoms with Gasteiger partial charge in [-0.2, -0.15) is 0 Å². The molecule has 0 atom stereocenters. The Morgan fingerprint density at radius 3 is 2.21 bits per heavy atom. The maximum atomic E-state index is 11.6. The van der Waals surface area contributed by atoms with E-state index in [1.807, 2.05) is 25.1 Å². The molecule has 0 saturated carbocycles. The number of rotatable bonds is 3. The highest BCUT2D eigenvalue weighted by Gasteiger charge is 2.19. The van der Waals surface area contributed by atoms with Gasteiger partial charge < -0.3 is 4.74 Å². The maximum Gasteiger partial charge on any atom is 0.265 e. The molecule has 0 fully saturated rings. The van der Waals surface area contributed by atoms with Crippen LogP contribution in [-0.4, -0.2) is 8.42 Å². The number of aryl methyl sites for hydroxylation is 2. The van der Waals surface area contributed by atoms with E-state index in [9.17, 15) is 8.42 Å². The van der Waals surface area contributed by atoms with Gasteiger partial charge in [0.1, 0.15) is 16.4 Å². The van der Waals surface area contributed by atoms with E-state index >= 15 is 0 Å². The molecule has 5 heteroatoms. The van der Waals surface area contributed by atoms with Gasteiger partial charge in [-0.05, 0) is 37.1 Å². The smallest absolute Gasteiger partial charge is 0.265 e. The van der Waals surface area contributed by atoms with Crippen LogP contribution in [0.3, 0.4) is 0 Å². The summed E-state index contributed by atoms with van der Waals surface area (Å²) < 4.78 is 28.9. The van der Waals surface area contributed by atoms with Crippen molar-refractivity contribution in [2.45, 2.75) is 18.7 Å². The summed E-state index contributed by atoms with van der Waals surface area (Å²) in [5, 5.41) is 0. The minimum atomic E-state index is -3.84. The molecule has 0 heterocycles. The number of halogens is 1. The topological polar surface area (TPSA) is 43.4 Å². The zero-order chi connectivity index (χ0) is 14.0. The molecular formula is C14H13ClO3S. The van der Waals surface area contributed by atoms with Gasteiger partial charge in [0.15, 0.2) is 0 Å². The van der Waals surface area contributed by atoms with E-state index in [1.165, 1.54) is 6.07 Å². The fourth-order valence-corrected chi connectivity index (χ4v) is 2.76. The molecule has 0 aliphatic heterocycles. The Labute approximate surface area is 117 Å². The highest BCUT2D eigenvalue weighted by atomic mass is 35.7. The van der Waals surface area contributed by atoms with Crippen LogP contribution in [-0.2, 0) is 9.05 Å². The fraction of sp³-hybridized carbons (Fsp3) is 0.143. The van der Waals surface area contributed by atoms with Crippen molar-refractivity contribution < 1.29 is 13.2 Å². The first kappa shape index (κ1) is 13.9. The first-order valence-corrected chi connectivity index (χ1v) is 7.98. The second kappa shape index (κ2) is 5.23. The summed E-state index contributed by atoms with van der Waals surface area (Å²) in [4.78, 5) is -0.0163. The van der Waals surface area contributed by atoms with E-state index in [4.69, 9.17) is 15.4 Å². The van der Waals surface area contributed by atoms with E-state index in [-0.39, 0.29) is 10.6 Å². The minimum absolute atomic E-state index is 0.0163. The van der Waals surface area contributed by atoms with Gasteiger partial charge in [0.05, 0.1) is 0 Å². The molecule has 0 saturated heterocycles. The zero-order valence-corrected chi connectivity index (χ0v) is 12.1. The molecule has 3 nitrogen and oxygen atoms in total. The molecule has 0 spiro atoms.